The van der Waals surface area contributed by atoms with Crippen LogP contribution in [0.1, 0.15) is 47.0 Å². The minimum Gasteiger partial charge on any atom is -0.313 e. The lowest BCUT2D eigenvalue weighted by Gasteiger charge is -2.34. The van der Waals surface area contributed by atoms with Gasteiger partial charge in [-0.2, -0.15) is 0 Å². The fourth-order valence-corrected chi connectivity index (χ4v) is 2.61. The van der Waals surface area contributed by atoms with Gasteiger partial charge in [-0.05, 0) is 46.2 Å². The van der Waals surface area contributed by atoms with Crippen molar-refractivity contribution in [3.05, 3.63) is 0 Å². The summed E-state index contributed by atoms with van der Waals surface area (Å²) in [7, 11) is 0. The number of rotatable bonds is 5. The molecule has 0 amide bonds. The zero-order chi connectivity index (χ0) is 10.6. The van der Waals surface area contributed by atoms with E-state index in [0.29, 0.717) is 12.1 Å². The Kier molecular flexibility index (Phi) is 4.90. The van der Waals surface area contributed by atoms with Gasteiger partial charge in [0.05, 0.1) is 0 Å². The first kappa shape index (κ1) is 12.0. The van der Waals surface area contributed by atoms with Gasteiger partial charge in [-0.15, -0.1) is 0 Å². The predicted octanol–water partition coefficient (Wildman–Crippen LogP) is 2.25. The molecule has 1 rings (SSSR count). The molecule has 1 N–H and O–H groups in total. The predicted molar refractivity (Wildman–Crippen MR) is 62.6 cm³/mol. The quantitative estimate of drug-likeness (QED) is 0.729. The highest BCUT2D eigenvalue weighted by Crippen LogP contribution is 2.23. The number of likely N-dealkylation sites (N-methyl/N-ethyl adjacent to an activating group) is 1. The average molecular weight is 198 g/mol. The normalized spacial score (nSPS) is 27.9. The molecule has 3 atom stereocenters. The average Bonchev–Trinajstić information content (AvgIpc) is 2.64. The minimum atomic E-state index is 0.618. The molecule has 1 aliphatic heterocycles. The molecule has 0 aliphatic carbocycles. The second kappa shape index (κ2) is 5.72. The fourth-order valence-electron chi connectivity index (χ4n) is 2.61. The van der Waals surface area contributed by atoms with Crippen LogP contribution in [0.3, 0.4) is 0 Å². The van der Waals surface area contributed by atoms with Gasteiger partial charge < -0.3 is 5.32 Å². The maximum Gasteiger partial charge on any atom is 0.0221 e. The van der Waals surface area contributed by atoms with Crippen LogP contribution >= 0.6 is 0 Å². The Balaban J connectivity index is 2.45. The zero-order valence-corrected chi connectivity index (χ0v) is 10.2. The van der Waals surface area contributed by atoms with E-state index in [9.17, 15) is 0 Å². The summed E-state index contributed by atoms with van der Waals surface area (Å²) in [5, 5.41) is 3.53. The molecule has 3 unspecified atom stereocenters. The summed E-state index contributed by atoms with van der Waals surface area (Å²) in [6.45, 7) is 11.5. The lowest BCUT2D eigenvalue weighted by Crippen LogP contribution is -2.48. The van der Waals surface area contributed by atoms with Gasteiger partial charge in [-0.1, -0.05) is 13.8 Å². The SMILES string of the molecule is CCNC(C)C(C)N1CCCC1CC. The van der Waals surface area contributed by atoms with Crippen LogP contribution in [0.4, 0.5) is 0 Å². The molecular formula is C12H26N2. The molecule has 1 heterocycles. The van der Waals surface area contributed by atoms with E-state index < -0.39 is 0 Å². The standard InChI is InChI=1S/C12H26N2/c1-5-12-8-7-9-14(12)11(4)10(3)13-6-2/h10-13H,5-9H2,1-4H3. The van der Waals surface area contributed by atoms with Gasteiger partial charge in [0.2, 0.25) is 0 Å². The minimum absolute atomic E-state index is 0.618. The second-order valence-electron chi connectivity index (χ2n) is 4.53. The molecule has 84 valence electrons. The Morgan fingerprint density at radius 1 is 1.36 bits per heavy atom. The largest absolute Gasteiger partial charge is 0.313 e. The highest BCUT2D eigenvalue weighted by molar-refractivity contribution is 4.86. The molecule has 0 saturated carbocycles. The Morgan fingerprint density at radius 3 is 2.64 bits per heavy atom. The van der Waals surface area contributed by atoms with Crippen LogP contribution in [-0.4, -0.2) is 36.1 Å². The van der Waals surface area contributed by atoms with Gasteiger partial charge in [0, 0.05) is 18.1 Å². The monoisotopic (exact) mass is 198 g/mol. The molecule has 2 heteroatoms. The van der Waals surface area contributed by atoms with Crippen LogP contribution in [0.5, 0.6) is 0 Å². The van der Waals surface area contributed by atoms with Crippen molar-refractivity contribution >= 4 is 0 Å². The summed E-state index contributed by atoms with van der Waals surface area (Å²) < 4.78 is 0. The van der Waals surface area contributed by atoms with Crippen LogP contribution in [0.15, 0.2) is 0 Å². The zero-order valence-electron chi connectivity index (χ0n) is 10.2. The van der Waals surface area contributed by atoms with Crippen molar-refractivity contribution in [3.8, 4) is 0 Å². The molecule has 0 aromatic carbocycles. The van der Waals surface area contributed by atoms with Gasteiger partial charge in [0.25, 0.3) is 0 Å². The van der Waals surface area contributed by atoms with E-state index in [0.717, 1.165) is 12.6 Å². The molecule has 0 radical (unpaired) electrons. The first-order chi connectivity index (χ1) is 6.70. The highest BCUT2D eigenvalue weighted by Gasteiger charge is 2.29. The molecule has 1 aliphatic rings. The molecule has 0 spiro atoms. The van der Waals surface area contributed by atoms with E-state index in [1.165, 1.54) is 25.8 Å². The maximum atomic E-state index is 3.53. The second-order valence-corrected chi connectivity index (χ2v) is 4.53. The van der Waals surface area contributed by atoms with E-state index in [-0.39, 0.29) is 0 Å². The van der Waals surface area contributed by atoms with Gasteiger partial charge in [-0.3, -0.25) is 4.90 Å². The van der Waals surface area contributed by atoms with E-state index in [1.54, 1.807) is 0 Å². The number of nitrogens with one attached hydrogen (secondary N) is 1. The summed E-state index contributed by atoms with van der Waals surface area (Å²) in [5.74, 6) is 0. The van der Waals surface area contributed by atoms with Crippen molar-refractivity contribution in [2.45, 2.75) is 65.1 Å². The van der Waals surface area contributed by atoms with Crippen LogP contribution in [-0.2, 0) is 0 Å². The van der Waals surface area contributed by atoms with Crippen LogP contribution in [0, 0.1) is 0 Å². The third kappa shape index (κ3) is 2.71. The van der Waals surface area contributed by atoms with Crippen molar-refractivity contribution in [2.24, 2.45) is 0 Å². The molecule has 2 nitrogen and oxygen atoms in total. The van der Waals surface area contributed by atoms with Crippen molar-refractivity contribution in [2.75, 3.05) is 13.1 Å². The van der Waals surface area contributed by atoms with Crippen LogP contribution in [0.25, 0.3) is 0 Å². The maximum absolute atomic E-state index is 3.53. The lowest BCUT2D eigenvalue weighted by molar-refractivity contribution is 0.157. The number of nitrogens with zero attached hydrogens (tertiary/aromatic N) is 1. The van der Waals surface area contributed by atoms with Crippen molar-refractivity contribution in [3.63, 3.8) is 0 Å². The first-order valence-electron chi connectivity index (χ1n) is 6.19. The van der Waals surface area contributed by atoms with E-state index >= 15 is 0 Å². The third-order valence-electron chi connectivity index (χ3n) is 3.67. The lowest BCUT2D eigenvalue weighted by atomic mass is 10.1. The number of likely N-dealkylation sites (tertiary alicyclic amines) is 1. The van der Waals surface area contributed by atoms with Crippen molar-refractivity contribution in [1.29, 1.82) is 0 Å². The Bertz CT molecular complexity index is 158. The molecule has 0 aromatic rings. The molecule has 1 saturated heterocycles. The molecule has 1 fully saturated rings. The summed E-state index contributed by atoms with van der Waals surface area (Å²) in [4.78, 5) is 2.69. The first-order valence-corrected chi connectivity index (χ1v) is 6.19. The molecule has 0 aromatic heterocycles. The number of hydrogen-bond donors (Lipinski definition) is 1. The van der Waals surface area contributed by atoms with E-state index in [4.69, 9.17) is 0 Å². The summed E-state index contributed by atoms with van der Waals surface area (Å²) in [5.41, 5.74) is 0. The Labute approximate surface area is 89.1 Å². The van der Waals surface area contributed by atoms with E-state index in [1.807, 2.05) is 0 Å². The van der Waals surface area contributed by atoms with E-state index in [2.05, 4.69) is 37.9 Å². The molecule has 0 bridgehead atoms. The fraction of sp³-hybridized carbons (Fsp3) is 1.00. The highest BCUT2D eigenvalue weighted by atomic mass is 15.2. The van der Waals surface area contributed by atoms with Gasteiger partial charge in [-0.25, -0.2) is 0 Å². The van der Waals surface area contributed by atoms with Crippen molar-refractivity contribution in [1.82, 2.24) is 10.2 Å². The summed E-state index contributed by atoms with van der Waals surface area (Å²) >= 11 is 0. The third-order valence-corrected chi connectivity index (χ3v) is 3.67. The topological polar surface area (TPSA) is 15.3 Å². The molecular weight excluding hydrogens is 172 g/mol. The summed E-state index contributed by atoms with van der Waals surface area (Å²) in [6.07, 6.45) is 4.10. The molecule has 14 heavy (non-hydrogen) atoms. The van der Waals surface area contributed by atoms with Crippen molar-refractivity contribution < 1.29 is 0 Å². The van der Waals surface area contributed by atoms with Gasteiger partial charge in [0.1, 0.15) is 0 Å². The van der Waals surface area contributed by atoms with Crippen LogP contribution < -0.4 is 5.32 Å². The van der Waals surface area contributed by atoms with Gasteiger partial charge >= 0.3 is 0 Å². The van der Waals surface area contributed by atoms with Crippen LogP contribution in [0.2, 0.25) is 0 Å². The Hall–Kier alpha value is -0.0800. The number of hydrogen-bond acceptors (Lipinski definition) is 2. The Morgan fingerprint density at radius 2 is 2.07 bits per heavy atom. The smallest absolute Gasteiger partial charge is 0.0221 e. The van der Waals surface area contributed by atoms with Gasteiger partial charge in [0.15, 0.2) is 0 Å². The summed E-state index contributed by atoms with van der Waals surface area (Å²) in [6, 6.07) is 2.14.